The van der Waals surface area contributed by atoms with Crippen molar-refractivity contribution < 1.29 is 0 Å². The molecule has 21 heavy (non-hydrogen) atoms. The second-order valence-corrected chi connectivity index (χ2v) is 7.59. The van der Waals surface area contributed by atoms with Crippen molar-refractivity contribution in [3.63, 3.8) is 0 Å². The molecule has 0 aliphatic heterocycles. The molecule has 0 heterocycles. The van der Waals surface area contributed by atoms with Crippen molar-refractivity contribution >= 4 is 0 Å². The van der Waals surface area contributed by atoms with Crippen molar-refractivity contribution in [2.75, 3.05) is 13.1 Å². The Kier molecular flexibility index (Phi) is 6.97. The molecule has 0 atom stereocenters. The van der Waals surface area contributed by atoms with Crippen LogP contribution in [0.3, 0.4) is 0 Å². The molecule has 5 N–H and O–H groups in total. The Morgan fingerprint density at radius 1 is 0.619 bits per heavy atom. The zero-order chi connectivity index (χ0) is 15.0. The Morgan fingerprint density at radius 3 is 1.33 bits per heavy atom. The lowest BCUT2D eigenvalue weighted by Crippen LogP contribution is -2.59. The van der Waals surface area contributed by atoms with Gasteiger partial charge < -0.3 is 16.8 Å². The van der Waals surface area contributed by atoms with Crippen LogP contribution in [-0.2, 0) is 0 Å². The third kappa shape index (κ3) is 4.94. The van der Waals surface area contributed by atoms with Crippen LogP contribution >= 0.6 is 0 Å². The molecule has 0 aromatic heterocycles. The first-order valence-electron chi connectivity index (χ1n) is 9.44. The number of nitrogens with one attached hydrogen (secondary N) is 1. The highest BCUT2D eigenvalue weighted by molar-refractivity contribution is 5.01. The highest BCUT2D eigenvalue weighted by atomic mass is 15.1. The fourth-order valence-corrected chi connectivity index (χ4v) is 4.78. The zero-order valence-corrected chi connectivity index (χ0v) is 14.0. The van der Waals surface area contributed by atoms with Crippen molar-refractivity contribution in [2.24, 2.45) is 11.5 Å². The van der Waals surface area contributed by atoms with Gasteiger partial charge in [-0.3, -0.25) is 0 Å². The lowest BCUT2D eigenvalue weighted by molar-refractivity contribution is 0.103. The number of nitrogens with two attached hydrogens (primary N) is 2. The molecule has 2 aliphatic rings. The summed E-state index contributed by atoms with van der Waals surface area (Å²) >= 11 is 0. The summed E-state index contributed by atoms with van der Waals surface area (Å²) in [4.78, 5) is 0. The standard InChI is InChI=1S/C18H37N3/c19-15-7-13-17(9-3-1-4-10-17)21-18(14-8-16-20)11-5-2-6-12-18/h21H,1-16,19-20H2. The van der Waals surface area contributed by atoms with Crippen LogP contribution in [0.4, 0.5) is 0 Å². The molecule has 3 nitrogen and oxygen atoms in total. The lowest BCUT2D eigenvalue weighted by atomic mass is 9.72. The molecule has 0 bridgehead atoms. The fraction of sp³-hybridized carbons (Fsp3) is 1.00. The zero-order valence-electron chi connectivity index (χ0n) is 14.0. The second-order valence-electron chi connectivity index (χ2n) is 7.59. The van der Waals surface area contributed by atoms with Crippen molar-refractivity contribution in [1.29, 1.82) is 0 Å². The van der Waals surface area contributed by atoms with E-state index in [4.69, 9.17) is 11.5 Å². The Bertz CT molecular complexity index is 250. The molecule has 0 saturated heterocycles. The molecule has 2 aliphatic carbocycles. The lowest BCUT2D eigenvalue weighted by Gasteiger charge is -2.49. The van der Waals surface area contributed by atoms with E-state index >= 15 is 0 Å². The molecule has 3 heteroatoms. The average Bonchev–Trinajstić information content (AvgIpc) is 2.53. The largest absolute Gasteiger partial charge is 0.330 e. The fourth-order valence-electron chi connectivity index (χ4n) is 4.78. The van der Waals surface area contributed by atoms with E-state index in [1.54, 1.807) is 0 Å². The van der Waals surface area contributed by atoms with Gasteiger partial charge in [0.05, 0.1) is 0 Å². The van der Waals surface area contributed by atoms with Gasteiger partial charge >= 0.3 is 0 Å². The molecule has 124 valence electrons. The third-order valence-corrected chi connectivity index (χ3v) is 5.87. The van der Waals surface area contributed by atoms with Crippen LogP contribution in [0.1, 0.15) is 89.9 Å². The van der Waals surface area contributed by atoms with Gasteiger partial charge in [-0.15, -0.1) is 0 Å². The van der Waals surface area contributed by atoms with E-state index < -0.39 is 0 Å². The van der Waals surface area contributed by atoms with Gasteiger partial charge in [-0.25, -0.2) is 0 Å². The summed E-state index contributed by atoms with van der Waals surface area (Å²) in [5.41, 5.74) is 12.4. The average molecular weight is 296 g/mol. The van der Waals surface area contributed by atoms with Gasteiger partial charge in [0.15, 0.2) is 0 Å². The van der Waals surface area contributed by atoms with Gasteiger partial charge in [-0.1, -0.05) is 38.5 Å². The first-order valence-corrected chi connectivity index (χ1v) is 9.44. The van der Waals surface area contributed by atoms with Crippen molar-refractivity contribution in [3.8, 4) is 0 Å². The number of hydrogen-bond donors (Lipinski definition) is 3. The summed E-state index contributed by atoms with van der Waals surface area (Å²) in [5, 5.41) is 4.24. The summed E-state index contributed by atoms with van der Waals surface area (Å²) < 4.78 is 0. The van der Waals surface area contributed by atoms with Crippen LogP contribution in [-0.4, -0.2) is 24.2 Å². The molecule has 0 aromatic carbocycles. The van der Waals surface area contributed by atoms with E-state index in [0.717, 1.165) is 13.1 Å². The molecule has 0 radical (unpaired) electrons. The maximum absolute atomic E-state index is 5.81. The van der Waals surface area contributed by atoms with Crippen LogP contribution in [0.5, 0.6) is 0 Å². The molecule has 0 spiro atoms. The smallest absolute Gasteiger partial charge is 0.0187 e. The summed E-state index contributed by atoms with van der Waals surface area (Å²) in [6.45, 7) is 1.67. The Balaban J connectivity index is 2.06. The first-order chi connectivity index (χ1) is 10.2. The Morgan fingerprint density at radius 2 is 1.00 bits per heavy atom. The predicted molar refractivity (Wildman–Crippen MR) is 91.3 cm³/mol. The van der Waals surface area contributed by atoms with Gasteiger partial charge in [-0.2, -0.15) is 0 Å². The summed E-state index contributed by atoms with van der Waals surface area (Å²) in [7, 11) is 0. The number of hydrogen-bond acceptors (Lipinski definition) is 3. The first kappa shape index (κ1) is 17.2. The number of rotatable bonds is 8. The van der Waals surface area contributed by atoms with Gasteiger partial charge in [0.2, 0.25) is 0 Å². The van der Waals surface area contributed by atoms with Crippen LogP contribution < -0.4 is 16.8 Å². The molecule has 0 amide bonds. The summed E-state index contributed by atoms with van der Waals surface area (Å²) in [6.07, 6.45) is 18.7. The monoisotopic (exact) mass is 295 g/mol. The maximum atomic E-state index is 5.81. The van der Waals surface area contributed by atoms with E-state index in [-0.39, 0.29) is 0 Å². The van der Waals surface area contributed by atoms with Crippen LogP contribution in [0, 0.1) is 0 Å². The Hall–Kier alpha value is -0.120. The van der Waals surface area contributed by atoms with E-state index in [2.05, 4.69) is 5.32 Å². The SMILES string of the molecule is NCCCC1(NC2(CCCN)CCCCC2)CCCCC1. The third-order valence-electron chi connectivity index (χ3n) is 5.87. The molecule has 2 rings (SSSR count). The van der Waals surface area contributed by atoms with Gasteiger partial charge in [0, 0.05) is 11.1 Å². The molecule has 0 aromatic rings. The minimum atomic E-state index is 0.379. The van der Waals surface area contributed by atoms with Gasteiger partial charge in [0.1, 0.15) is 0 Å². The van der Waals surface area contributed by atoms with E-state index in [1.165, 1.54) is 89.9 Å². The van der Waals surface area contributed by atoms with Crippen LogP contribution in [0.2, 0.25) is 0 Å². The minimum absolute atomic E-state index is 0.379. The quantitative estimate of drug-likeness (QED) is 0.642. The molecule has 2 fully saturated rings. The minimum Gasteiger partial charge on any atom is -0.330 e. The summed E-state index contributed by atoms with van der Waals surface area (Å²) in [6, 6.07) is 0. The predicted octanol–water partition coefficient (Wildman–Crippen LogP) is 3.46. The van der Waals surface area contributed by atoms with E-state index in [0.29, 0.717) is 11.1 Å². The molecule has 0 unspecified atom stereocenters. The normalized spacial score (nSPS) is 24.9. The van der Waals surface area contributed by atoms with Crippen LogP contribution in [0.15, 0.2) is 0 Å². The molecular formula is C18H37N3. The van der Waals surface area contributed by atoms with Crippen LogP contribution in [0.25, 0.3) is 0 Å². The summed E-state index contributed by atoms with van der Waals surface area (Å²) in [5.74, 6) is 0. The highest BCUT2D eigenvalue weighted by Gasteiger charge is 2.40. The van der Waals surface area contributed by atoms with E-state index in [1.807, 2.05) is 0 Å². The molecule has 2 saturated carbocycles. The van der Waals surface area contributed by atoms with Gasteiger partial charge in [-0.05, 0) is 64.5 Å². The second kappa shape index (κ2) is 8.50. The van der Waals surface area contributed by atoms with Crippen molar-refractivity contribution in [2.45, 2.75) is 101 Å². The van der Waals surface area contributed by atoms with E-state index in [9.17, 15) is 0 Å². The maximum Gasteiger partial charge on any atom is 0.0187 e. The Labute approximate surface area is 131 Å². The topological polar surface area (TPSA) is 64.1 Å². The highest BCUT2D eigenvalue weighted by Crippen LogP contribution is 2.39. The molecular weight excluding hydrogens is 258 g/mol. The van der Waals surface area contributed by atoms with Crippen molar-refractivity contribution in [1.82, 2.24) is 5.32 Å². The van der Waals surface area contributed by atoms with Gasteiger partial charge in [0.25, 0.3) is 0 Å². The van der Waals surface area contributed by atoms with Crippen molar-refractivity contribution in [3.05, 3.63) is 0 Å².